The number of aryl methyl sites for hydroxylation is 1. The lowest BCUT2D eigenvalue weighted by Gasteiger charge is -2.08. The number of unbranched alkanes of at least 4 members (excludes halogenated alkanes) is 1. The predicted octanol–water partition coefficient (Wildman–Crippen LogP) is 9.43. The minimum Gasteiger partial charge on any atom is -0.508 e. The minimum atomic E-state index is -0.310. The monoisotopic (exact) mass is 546 g/mol. The molecule has 2 N–H and O–H groups in total. The van der Waals surface area contributed by atoms with Crippen molar-refractivity contribution >= 4 is 44.2 Å². The lowest BCUT2D eigenvalue weighted by molar-refractivity contribution is 0.452. The van der Waals surface area contributed by atoms with Crippen LogP contribution in [0.1, 0.15) is 30.9 Å². The summed E-state index contributed by atoms with van der Waals surface area (Å²) in [5.74, 6) is -0.0920. The molecule has 0 bridgehead atoms. The first-order valence-electron chi connectivity index (χ1n) is 13.3. The zero-order chi connectivity index (χ0) is 27.6. The first-order valence-corrected chi connectivity index (χ1v) is 14.1. The van der Waals surface area contributed by atoms with E-state index in [-0.39, 0.29) is 17.3 Å². The molecule has 0 atom stereocenters. The maximum atomic E-state index is 14.9. The molecule has 1 heterocycles. The number of para-hydroxylation sites is 1. The molecule has 1 aromatic heterocycles. The number of nitrogens with zero attached hydrogens (tertiary/aromatic N) is 2. The molecular weight excluding hydrogens is 519 g/mol. The van der Waals surface area contributed by atoms with Crippen LogP contribution in [-0.2, 0) is 6.42 Å². The summed E-state index contributed by atoms with van der Waals surface area (Å²) in [6, 6.07) is 27.9. The normalized spacial score (nSPS) is 11.7. The second-order valence-electron chi connectivity index (χ2n) is 9.77. The average molecular weight is 547 g/mol. The fraction of sp³-hybridized carbons (Fsp3) is 0.118. The highest BCUT2D eigenvalue weighted by molar-refractivity contribution is 7.21. The molecular formula is C34H27FN2O2S. The molecule has 0 saturated carbocycles. The third-order valence-electron chi connectivity index (χ3n) is 7.02. The first-order chi connectivity index (χ1) is 19.5. The van der Waals surface area contributed by atoms with Crippen molar-refractivity contribution in [3.63, 3.8) is 0 Å². The molecule has 0 saturated heterocycles. The van der Waals surface area contributed by atoms with Gasteiger partial charge in [-0.05, 0) is 71.1 Å². The Morgan fingerprint density at radius 2 is 1.65 bits per heavy atom. The van der Waals surface area contributed by atoms with E-state index in [4.69, 9.17) is 4.98 Å². The second kappa shape index (κ2) is 10.9. The minimum absolute atomic E-state index is 0.0906. The molecule has 0 spiro atoms. The van der Waals surface area contributed by atoms with E-state index in [0.717, 1.165) is 55.5 Å². The van der Waals surface area contributed by atoms with Crippen molar-refractivity contribution in [3.8, 4) is 33.2 Å². The number of hydrogen-bond donors (Lipinski definition) is 2. The van der Waals surface area contributed by atoms with Crippen LogP contribution in [0.25, 0.3) is 42.7 Å². The number of aliphatic imine (C=N–C) groups is 1. The molecule has 0 amide bonds. The lowest BCUT2D eigenvalue weighted by atomic mass is 9.97. The van der Waals surface area contributed by atoms with Crippen LogP contribution in [0.5, 0.6) is 11.5 Å². The van der Waals surface area contributed by atoms with Gasteiger partial charge in [0, 0.05) is 22.9 Å². The number of hydrogen-bond acceptors (Lipinski definition) is 5. The molecule has 6 rings (SSSR count). The highest BCUT2D eigenvalue weighted by atomic mass is 32.1. The van der Waals surface area contributed by atoms with Crippen LogP contribution in [-0.4, -0.2) is 21.4 Å². The molecule has 0 aliphatic carbocycles. The predicted molar refractivity (Wildman–Crippen MR) is 164 cm³/mol. The Morgan fingerprint density at radius 1 is 0.875 bits per heavy atom. The number of phenols is 2. The number of fused-ring (bicyclic) bond motifs is 2. The SMILES string of the molecule is CCCCc1cc(O)cc(C=Nc2ccccc2-c2nc3c(-c4cccc5ccccc45)cc(F)cc3s2)c1O. The van der Waals surface area contributed by atoms with Gasteiger partial charge in [-0.25, -0.2) is 9.37 Å². The Balaban J connectivity index is 1.44. The van der Waals surface area contributed by atoms with Gasteiger partial charge in [0.05, 0.1) is 15.9 Å². The molecule has 0 aliphatic rings. The third-order valence-corrected chi connectivity index (χ3v) is 8.06. The third kappa shape index (κ3) is 4.94. The van der Waals surface area contributed by atoms with Crippen molar-refractivity contribution in [2.24, 2.45) is 4.99 Å². The molecule has 6 heteroatoms. The molecule has 0 aliphatic heterocycles. The van der Waals surface area contributed by atoms with Gasteiger partial charge in [-0.3, -0.25) is 4.99 Å². The summed E-state index contributed by atoms with van der Waals surface area (Å²) in [6.45, 7) is 2.08. The summed E-state index contributed by atoms with van der Waals surface area (Å²) < 4.78 is 15.6. The van der Waals surface area contributed by atoms with Crippen LogP contribution < -0.4 is 0 Å². The number of phenolic OH excluding ortho intramolecular Hbond substituents is 2. The Kier molecular flexibility index (Phi) is 7.01. The van der Waals surface area contributed by atoms with Crippen LogP contribution >= 0.6 is 11.3 Å². The van der Waals surface area contributed by atoms with Gasteiger partial charge in [-0.15, -0.1) is 11.3 Å². The molecule has 198 valence electrons. The van der Waals surface area contributed by atoms with E-state index in [0.29, 0.717) is 23.2 Å². The highest BCUT2D eigenvalue weighted by Gasteiger charge is 2.17. The second-order valence-corrected chi connectivity index (χ2v) is 10.8. The van der Waals surface area contributed by atoms with Crippen molar-refractivity contribution in [2.45, 2.75) is 26.2 Å². The van der Waals surface area contributed by atoms with E-state index in [1.54, 1.807) is 18.3 Å². The van der Waals surface area contributed by atoms with Gasteiger partial charge in [-0.1, -0.05) is 67.9 Å². The van der Waals surface area contributed by atoms with E-state index in [2.05, 4.69) is 11.9 Å². The molecule has 5 aromatic carbocycles. The summed E-state index contributed by atoms with van der Waals surface area (Å²) in [5, 5.41) is 23.9. The Hall–Kier alpha value is -4.55. The first kappa shape index (κ1) is 25.7. The summed E-state index contributed by atoms with van der Waals surface area (Å²) in [6.07, 6.45) is 4.14. The summed E-state index contributed by atoms with van der Waals surface area (Å²) in [4.78, 5) is 9.67. The Labute approximate surface area is 235 Å². The smallest absolute Gasteiger partial charge is 0.127 e. The number of halogens is 1. The van der Waals surface area contributed by atoms with E-state index in [1.807, 2.05) is 66.7 Å². The van der Waals surface area contributed by atoms with Gasteiger partial charge in [0.25, 0.3) is 0 Å². The Bertz CT molecular complexity index is 1890. The fourth-order valence-corrected chi connectivity index (χ4v) is 6.09. The number of aromatic nitrogens is 1. The molecule has 6 aromatic rings. The summed E-state index contributed by atoms with van der Waals surface area (Å²) in [7, 11) is 0. The van der Waals surface area contributed by atoms with Crippen LogP contribution in [0.2, 0.25) is 0 Å². The quantitative estimate of drug-likeness (QED) is 0.155. The van der Waals surface area contributed by atoms with E-state index >= 15 is 0 Å². The van der Waals surface area contributed by atoms with Gasteiger partial charge < -0.3 is 10.2 Å². The fourth-order valence-electron chi connectivity index (χ4n) is 5.04. The van der Waals surface area contributed by atoms with Crippen LogP contribution in [0.15, 0.2) is 96.0 Å². The van der Waals surface area contributed by atoms with E-state index in [9.17, 15) is 14.6 Å². The summed E-state index contributed by atoms with van der Waals surface area (Å²) in [5.41, 5.74) is 5.03. The van der Waals surface area contributed by atoms with Crippen molar-refractivity contribution < 1.29 is 14.6 Å². The zero-order valence-corrected chi connectivity index (χ0v) is 22.8. The van der Waals surface area contributed by atoms with Gasteiger partial charge in [0.15, 0.2) is 0 Å². The number of benzene rings is 5. The lowest BCUT2D eigenvalue weighted by Crippen LogP contribution is -1.91. The van der Waals surface area contributed by atoms with Crippen LogP contribution in [0, 0.1) is 5.82 Å². The number of aromatic hydroxyl groups is 2. The number of thiazole rings is 1. The van der Waals surface area contributed by atoms with Crippen molar-refractivity contribution in [1.82, 2.24) is 4.98 Å². The van der Waals surface area contributed by atoms with Gasteiger partial charge in [-0.2, -0.15) is 0 Å². The van der Waals surface area contributed by atoms with Gasteiger partial charge >= 0.3 is 0 Å². The largest absolute Gasteiger partial charge is 0.508 e. The zero-order valence-electron chi connectivity index (χ0n) is 21.9. The topological polar surface area (TPSA) is 65.7 Å². The van der Waals surface area contributed by atoms with Crippen LogP contribution in [0.4, 0.5) is 10.1 Å². The molecule has 40 heavy (non-hydrogen) atoms. The summed E-state index contributed by atoms with van der Waals surface area (Å²) >= 11 is 1.42. The molecule has 0 radical (unpaired) electrons. The highest BCUT2D eigenvalue weighted by Crippen LogP contribution is 2.41. The maximum absolute atomic E-state index is 14.9. The van der Waals surface area contributed by atoms with Gasteiger partial charge in [0.1, 0.15) is 22.3 Å². The van der Waals surface area contributed by atoms with E-state index < -0.39 is 0 Å². The molecule has 0 fully saturated rings. The molecule has 4 nitrogen and oxygen atoms in total. The number of rotatable bonds is 7. The van der Waals surface area contributed by atoms with Crippen molar-refractivity contribution in [1.29, 1.82) is 0 Å². The maximum Gasteiger partial charge on any atom is 0.127 e. The Morgan fingerprint density at radius 3 is 2.52 bits per heavy atom. The van der Waals surface area contributed by atoms with Crippen molar-refractivity contribution in [3.05, 3.63) is 108 Å². The molecule has 0 unspecified atom stereocenters. The van der Waals surface area contributed by atoms with Gasteiger partial charge in [0.2, 0.25) is 0 Å². The standard InChI is InChI=1S/C34H27FN2O2S/c1-2-3-9-22-16-25(38)17-23(33(22)39)20-36-30-15-7-6-13-28(30)34-37-32-29(18-24(35)19-31(32)40-34)27-14-8-11-21-10-4-5-12-26(21)27/h4-8,10-20,38-39H,2-3,9H2,1H3. The van der Waals surface area contributed by atoms with E-state index in [1.165, 1.54) is 23.5 Å². The van der Waals surface area contributed by atoms with Crippen LogP contribution in [0.3, 0.4) is 0 Å². The van der Waals surface area contributed by atoms with Crippen molar-refractivity contribution in [2.75, 3.05) is 0 Å². The average Bonchev–Trinajstić information content (AvgIpc) is 3.40.